The molecule has 7 N–H and O–H groups in total. The normalized spacial score (nSPS) is 11.9. The molecule has 0 aromatic heterocycles. The van der Waals surface area contributed by atoms with Crippen molar-refractivity contribution in [3.05, 3.63) is 59.7 Å². The fourth-order valence-corrected chi connectivity index (χ4v) is 3.67. The van der Waals surface area contributed by atoms with Gasteiger partial charge in [-0.2, -0.15) is 17.9 Å². The van der Waals surface area contributed by atoms with Gasteiger partial charge in [0.15, 0.2) is 11.6 Å². The van der Waals surface area contributed by atoms with Gasteiger partial charge in [0.2, 0.25) is 16.0 Å². The average molecular weight is 586 g/mol. The minimum absolute atomic E-state index is 0.187. The zero-order chi connectivity index (χ0) is 29.8. The van der Waals surface area contributed by atoms with Crippen molar-refractivity contribution in [1.82, 2.24) is 4.72 Å². The topological polar surface area (TPSA) is 204 Å². The second-order valence-corrected chi connectivity index (χ2v) is 9.00. The van der Waals surface area contributed by atoms with E-state index in [0.29, 0.717) is 36.5 Å². The number of halogens is 5. The number of nitrogens with two attached hydrogens (primary N) is 2. The van der Waals surface area contributed by atoms with E-state index < -0.39 is 50.7 Å². The van der Waals surface area contributed by atoms with Crippen LogP contribution in [0.2, 0.25) is 0 Å². The molecule has 1 atom stereocenters. The van der Waals surface area contributed by atoms with Gasteiger partial charge in [-0.15, -0.1) is 0 Å². The zero-order valence-electron chi connectivity index (χ0n) is 19.7. The number of sulfonamides is 1. The van der Waals surface area contributed by atoms with E-state index >= 15 is 0 Å². The van der Waals surface area contributed by atoms with Crippen LogP contribution in [0, 0.1) is 11.6 Å². The Balaban J connectivity index is 0.000000956. The highest BCUT2D eigenvalue weighted by Crippen LogP contribution is 2.17. The highest BCUT2D eigenvalue weighted by molar-refractivity contribution is 7.89. The molecule has 0 aliphatic heterocycles. The number of rotatable bonds is 12. The molecule has 12 nitrogen and oxygen atoms in total. The number of ether oxygens (including phenoxy) is 1. The van der Waals surface area contributed by atoms with Gasteiger partial charge in [0, 0.05) is 6.42 Å². The van der Waals surface area contributed by atoms with E-state index in [2.05, 4.69) is 5.16 Å². The molecule has 18 heteroatoms. The van der Waals surface area contributed by atoms with Gasteiger partial charge in [-0.3, -0.25) is 4.79 Å². The maximum absolute atomic E-state index is 13.4. The van der Waals surface area contributed by atoms with Gasteiger partial charge in [-0.05, 0) is 47.5 Å². The first-order valence-corrected chi connectivity index (χ1v) is 11.9. The van der Waals surface area contributed by atoms with E-state index in [-0.39, 0.29) is 19.0 Å². The molecule has 0 saturated carbocycles. The van der Waals surface area contributed by atoms with Gasteiger partial charge in [-0.1, -0.05) is 12.1 Å². The third-order valence-corrected chi connectivity index (χ3v) is 5.69. The fraction of sp³-hybridized carbons (Fsp3) is 0.286. The Hall–Kier alpha value is -4.19. The minimum atomic E-state index is -5.08. The van der Waals surface area contributed by atoms with Crippen LogP contribution in [0.3, 0.4) is 0 Å². The SMILES string of the molecule is NC(N)=NOCCCOc1ccc(C[C@H](NS(=O)(=O)c2ccc(F)c(F)c2)C(=O)O)cc1.O=C(O)C(F)(F)F. The van der Waals surface area contributed by atoms with Gasteiger partial charge < -0.3 is 31.3 Å². The third kappa shape index (κ3) is 12.3. The van der Waals surface area contributed by atoms with Crippen molar-refractivity contribution in [3.63, 3.8) is 0 Å². The predicted octanol–water partition coefficient (Wildman–Crippen LogP) is 1.55. The van der Waals surface area contributed by atoms with Gasteiger partial charge in [0.25, 0.3) is 0 Å². The molecule has 2 aromatic carbocycles. The third-order valence-electron chi connectivity index (χ3n) is 4.22. The Kier molecular flexibility index (Phi) is 12.4. The molecule has 0 spiro atoms. The van der Waals surface area contributed by atoms with Crippen molar-refractivity contribution in [2.24, 2.45) is 16.6 Å². The first-order chi connectivity index (χ1) is 18.0. The summed E-state index contributed by atoms with van der Waals surface area (Å²) >= 11 is 0. The number of carboxylic acids is 2. The van der Waals surface area contributed by atoms with Gasteiger partial charge in [0.1, 0.15) is 18.4 Å². The molecule has 39 heavy (non-hydrogen) atoms. The molecule has 216 valence electrons. The number of nitrogens with zero attached hydrogens (tertiary/aromatic N) is 1. The molecule has 0 aliphatic rings. The number of hydrogen-bond donors (Lipinski definition) is 5. The van der Waals surface area contributed by atoms with Crippen molar-refractivity contribution in [3.8, 4) is 5.75 Å². The lowest BCUT2D eigenvalue weighted by Crippen LogP contribution is -2.42. The Bertz CT molecular complexity index is 1250. The Morgan fingerprint density at radius 1 is 1.00 bits per heavy atom. The summed E-state index contributed by atoms with van der Waals surface area (Å²) in [6.45, 7) is 0.555. The summed E-state index contributed by atoms with van der Waals surface area (Å²) in [7, 11) is -4.40. The van der Waals surface area contributed by atoms with Gasteiger partial charge in [-0.25, -0.2) is 22.0 Å². The number of benzene rings is 2. The second-order valence-electron chi connectivity index (χ2n) is 7.29. The monoisotopic (exact) mass is 586 g/mol. The van der Waals surface area contributed by atoms with Gasteiger partial charge >= 0.3 is 18.1 Å². The number of carbonyl (C=O) groups is 2. The summed E-state index contributed by atoms with van der Waals surface area (Å²) in [6.07, 6.45) is -4.77. The van der Waals surface area contributed by atoms with Crippen LogP contribution in [-0.2, 0) is 30.9 Å². The largest absolute Gasteiger partial charge is 0.493 e. The number of nitrogens with one attached hydrogen (secondary N) is 1. The molecule has 2 aromatic rings. The summed E-state index contributed by atoms with van der Waals surface area (Å²) in [5.74, 6) is -6.46. The van der Waals surface area contributed by atoms with Crippen LogP contribution in [0.15, 0.2) is 52.5 Å². The molecule has 0 amide bonds. The van der Waals surface area contributed by atoms with Crippen molar-refractivity contribution in [2.45, 2.75) is 30.0 Å². The standard InChI is InChI=1S/C19H22F2N4O6S.C2HF3O2/c20-15-7-6-14(11-16(15)21)32(28,29)25-17(18(26)27)10-12-2-4-13(5-3-12)30-8-1-9-31-24-19(22)23;3-2(4,5)1(6)7/h2-7,11,17,25H,1,8-10H2,(H,26,27)(H4,22,23,24);(H,6,7)/t17-;/m0./s1. The van der Waals surface area contributed by atoms with Crippen LogP contribution in [-0.4, -0.2) is 62.0 Å². The fourth-order valence-electron chi connectivity index (χ4n) is 2.47. The molecule has 2 rings (SSSR count). The van der Waals surface area contributed by atoms with E-state index in [1.807, 2.05) is 4.72 Å². The maximum atomic E-state index is 13.4. The first-order valence-electron chi connectivity index (χ1n) is 10.5. The Labute approximate surface area is 218 Å². The van der Waals surface area contributed by atoms with Crippen molar-refractivity contribution in [2.75, 3.05) is 13.2 Å². The van der Waals surface area contributed by atoms with Crippen LogP contribution in [0.1, 0.15) is 12.0 Å². The van der Waals surface area contributed by atoms with Crippen LogP contribution >= 0.6 is 0 Å². The van der Waals surface area contributed by atoms with Crippen molar-refractivity contribution >= 4 is 27.9 Å². The quantitative estimate of drug-likeness (QED) is 0.0798. The van der Waals surface area contributed by atoms with E-state index in [9.17, 15) is 40.3 Å². The molecular weight excluding hydrogens is 563 g/mol. The number of alkyl halides is 3. The zero-order valence-corrected chi connectivity index (χ0v) is 20.5. The molecular formula is C21H23F5N4O8S. The summed E-state index contributed by atoms with van der Waals surface area (Å²) < 4.78 is 90.4. The van der Waals surface area contributed by atoms with Crippen LogP contribution in [0.4, 0.5) is 22.0 Å². The minimum Gasteiger partial charge on any atom is -0.493 e. The Morgan fingerprint density at radius 3 is 2.08 bits per heavy atom. The summed E-state index contributed by atoms with van der Waals surface area (Å²) in [5.41, 5.74) is 10.7. The second kappa shape index (κ2) is 14.7. The number of hydrogen-bond acceptors (Lipinski definition) is 7. The average Bonchev–Trinajstić information content (AvgIpc) is 2.83. The Morgan fingerprint density at radius 2 is 1.59 bits per heavy atom. The lowest BCUT2D eigenvalue weighted by atomic mass is 10.1. The molecule has 0 saturated heterocycles. The highest BCUT2D eigenvalue weighted by Gasteiger charge is 2.38. The molecule has 0 radical (unpaired) electrons. The van der Waals surface area contributed by atoms with Crippen molar-refractivity contribution < 1.29 is 59.7 Å². The molecule has 0 aliphatic carbocycles. The van der Waals surface area contributed by atoms with E-state index in [1.165, 1.54) is 0 Å². The van der Waals surface area contributed by atoms with Gasteiger partial charge in [0.05, 0.1) is 11.5 Å². The summed E-state index contributed by atoms with van der Waals surface area (Å²) in [4.78, 5) is 24.7. The lowest BCUT2D eigenvalue weighted by Gasteiger charge is -2.15. The highest BCUT2D eigenvalue weighted by atomic mass is 32.2. The summed E-state index contributed by atoms with van der Waals surface area (Å²) in [6, 6.07) is 6.77. The van der Waals surface area contributed by atoms with E-state index in [1.54, 1.807) is 24.3 Å². The number of carboxylic acid groups (broad SMARTS) is 2. The van der Waals surface area contributed by atoms with Crippen LogP contribution in [0.5, 0.6) is 5.75 Å². The molecule has 0 bridgehead atoms. The number of oxime groups is 1. The lowest BCUT2D eigenvalue weighted by molar-refractivity contribution is -0.192. The smallest absolute Gasteiger partial charge is 0.490 e. The first kappa shape index (κ1) is 32.8. The predicted molar refractivity (Wildman–Crippen MR) is 124 cm³/mol. The molecule has 0 heterocycles. The number of guanidine groups is 1. The maximum Gasteiger partial charge on any atom is 0.490 e. The molecule has 0 unspecified atom stereocenters. The molecule has 0 fully saturated rings. The van der Waals surface area contributed by atoms with Crippen molar-refractivity contribution in [1.29, 1.82) is 0 Å². The van der Waals surface area contributed by atoms with E-state index in [4.69, 9.17) is 30.9 Å². The van der Waals surface area contributed by atoms with E-state index in [0.717, 1.165) is 6.07 Å². The van der Waals surface area contributed by atoms with Crippen LogP contribution in [0.25, 0.3) is 0 Å². The van der Waals surface area contributed by atoms with Crippen LogP contribution < -0.4 is 20.9 Å². The number of aliphatic carboxylic acids is 2. The summed E-state index contributed by atoms with van der Waals surface area (Å²) in [5, 5.41) is 19.9.